The van der Waals surface area contributed by atoms with Gasteiger partial charge in [0.15, 0.2) is 5.58 Å². The molecule has 1 saturated heterocycles. The van der Waals surface area contributed by atoms with Crippen molar-refractivity contribution >= 4 is 17.1 Å². The maximum Gasteiger partial charge on any atom is 0.407 e. The zero-order chi connectivity index (χ0) is 20.4. The van der Waals surface area contributed by atoms with E-state index in [9.17, 15) is 4.79 Å². The van der Waals surface area contributed by atoms with E-state index in [1.165, 1.54) is 4.90 Å². The molecule has 0 unspecified atom stereocenters. The minimum atomic E-state index is -0.811. The number of rotatable bonds is 8. The quantitative estimate of drug-likeness (QED) is 0.710. The molecule has 1 aromatic carbocycles. The molecule has 1 saturated carbocycles. The SMILES string of the molecule is COCC1(COc2ccc3c(CCC4CCN(C(=O)O)CC4)noc3c2C)CC1. The van der Waals surface area contributed by atoms with E-state index >= 15 is 0 Å². The molecular weight excluding hydrogens is 372 g/mol. The maximum atomic E-state index is 11.0. The highest BCUT2D eigenvalue weighted by Gasteiger charge is 2.43. The van der Waals surface area contributed by atoms with E-state index in [4.69, 9.17) is 19.1 Å². The highest BCUT2D eigenvalue weighted by Crippen LogP contribution is 2.46. The van der Waals surface area contributed by atoms with E-state index in [0.29, 0.717) is 25.6 Å². The number of carbonyl (C=O) groups is 1. The van der Waals surface area contributed by atoms with Gasteiger partial charge in [0.2, 0.25) is 0 Å². The highest BCUT2D eigenvalue weighted by atomic mass is 16.5. The molecule has 2 aromatic rings. The first-order valence-corrected chi connectivity index (χ1v) is 10.5. The van der Waals surface area contributed by atoms with E-state index in [1.54, 1.807) is 7.11 Å². The van der Waals surface area contributed by atoms with Crippen LogP contribution in [0.15, 0.2) is 16.7 Å². The van der Waals surface area contributed by atoms with Crippen LogP contribution in [0, 0.1) is 18.3 Å². The third-order valence-corrected chi connectivity index (χ3v) is 6.53. The van der Waals surface area contributed by atoms with Crippen LogP contribution in [0.2, 0.25) is 0 Å². The minimum Gasteiger partial charge on any atom is -0.493 e. The summed E-state index contributed by atoms with van der Waals surface area (Å²) in [7, 11) is 1.74. The van der Waals surface area contributed by atoms with E-state index in [0.717, 1.165) is 73.1 Å². The lowest BCUT2D eigenvalue weighted by Crippen LogP contribution is -2.37. The lowest BCUT2D eigenvalue weighted by atomic mass is 9.91. The summed E-state index contributed by atoms with van der Waals surface area (Å²) in [5.74, 6) is 1.39. The number of likely N-dealkylation sites (tertiary alicyclic amines) is 1. The number of fused-ring (bicyclic) bond motifs is 1. The zero-order valence-corrected chi connectivity index (χ0v) is 17.3. The second kappa shape index (κ2) is 8.22. The molecule has 7 nitrogen and oxygen atoms in total. The molecule has 29 heavy (non-hydrogen) atoms. The highest BCUT2D eigenvalue weighted by molar-refractivity contribution is 5.84. The average molecular weight is 402 g/mol. The molecule has 1 aliphatic heterocycles. The van der Waals surface area contributed by atoms with Crippen molar-refractivity contribution in [1.29, 1.82) is 0 Å². The predicted octanol–water partition coefficient (Wildman–Crippen LogP) is 4.26. The Morgan fingerprint density at radius 2 is 2.07 bits per heavy atom. The first kappa shape index (κ1) is 20.0. The number of benzene rings is 1. The van der Waals surface area contributed by atoms with Gasteiger partial charge in [-0.25, -0.2) is 4.79 Å². The molecule has 1 N–H and O–H groups in total. The fraction of sp³-hybridized carbons (Fsp3) is 0.636. The Labute approximate surface area is 170 Å². The second-order valence-corrected chi connectivity index (χ2v) is 8.67. The molecule has 1 aliphatic carbocycles. The van der Waals surface area contributed by atoms with Gasteiger partial charge in [-0.3, -0.25) is 0 Å². The number of amides is 1. The van der Waals surface area contributed by atoms with Gasteiger partial charge < -0.3 is 24.0 Å². The van der Waals surface area contributed by atoms with Gasteiger partial charge in [-0.15, -0.1) is 0 Å². The normalized spacial score (nSPS) is 18.9. The Bertz CT molecular complexity index is 865. The van der Waals surface area contributed by atoms with Crippen LogP contribution in [-0.2, 0) is 11.2 Å². The molecule has 1 amide bonds. The Balaban J connectivity index is 1.37. The number of aryl methyl sites for hydroxylation is 2. The summed E-state index contributed by atoms with van der Waals surface area (Å²) >= 11 is 0. The summed E-state index contributed by atoms with van der Waals surface area (Å²) in [5.41, 5.74) is 2.95. The van der Waals surface area contributed by atoms with Gasteiger partial charge >= 0.3 is 6.09 Å². The van der Waals surface area contributed by atoms with Crippen LogP contribution >= 0.6 is 0 Å². The van der Waals surface area contributed by atoms with Gasteiger partial charge in [0.25, 0.3) is 0 Å². The summed E-state index contributed by atoms with van der Waals surface area (Å²) in [6.07, 6.45) is 5.19. The molecule has 1 aromatic heterocycles. The molecular formula is C22H30N2O5. The number of carboxylic acid groups (broad SMARTS) is 1. The van der Waals surface area contributed by atoms with Crippen LogP contribution in [-0.4, -0.2) is 54.7 Å². The molecule has 0 radical (unpaired) electrons. The predicted molar refractivity (Wildman–Crippen MR) is 108 cm³/mol. The van der Waals surface area contributed by atoms with Gasteiger partial charge in [-0.05, 0) is 63.5 Å². The molecule has 0 spiro atoms. The van der Waals surface area contributed by atoms with Gasteiger partial charge in [-0.2, -0.15) is 0 Å². The fourth-order valence-electron chi connectivity index (χ4n) is 4.30. The first-order chi connectivity index (χ1) is 14.0. The molecule has 0 atom stereocenters. The number of hydrogen-bond acceptors (Lipinski definition) is 5. The molecule has 158 valence electrons. The summed E-state index contributed by atoms with van der Waals surface area (Å²) < 4.78 is 17.1. The van der Waals surface area contributed by atoms with Crippen molar-refractivity contribution in [1.82, 2.24) is 10.1 Å². The lowest BCUT2D eigenvalue weighted by Gasteiger charge is -2.29. The Kier molecular flexibility index (Phi) is 5.67. The summed E-state index contributed by atoms with van der Waals surface area (Å²) in [6.45, 7) is 4.69. The van der Waals surface area contributed by atoms with Crippen molar-refractivity contribution in [2.45, 2.75) is 45.4 Å². The Morgan fingerprint density at radius 3 is 2.72 bits per heavy atom. The summed E-state index contributed by atoms with van der Waals surface area (Å²) in [6, 6.07) is 4.07. The molecule has 2 heterocycles. The van der Waals surface area contributed by atoms with Gasteiger partial charge in [0.1, 0.15) is 5.75 Å². The third kappa shape index (κ3) is 4.34. The van der Waals surface area contributed by atoms with Crippen LogP contribution in [0.1, 0.15) is 43.4 Å². The first-order valence-electron chi connectivity index (χ1n) is 10.5. The Hall–Kier alpha value is -2.28. The number of nitrogens with zero attached hydrogens (tertiary/aromatic N) is 2. The van der Waals surface area contributed by atoms with Crippen molar-refractivity contribution in [3.63, 3.8) is 0 Å². The van der Waals surface area contributed by atoms with Crippen LogP contribution in [0.3, 0.4) is 0 Å². The van der Waals surface area contributed by atoms with Crippen molar-refractivity contribution < 1.29 is 23.9 Å². The largest absolute Gasteiger partial charge is 0.493 e. The van der Waals surface area contributed by atoms with E-state index in [2.05, 4.69) is 5.16 Å². The van der Waals surface area contributed by atoms with Crippen LogP contribution in [0.5, 0.6) is 5.75 Å². The van der Waals surface area contributed by atoms with Crippen molar-refractivity contribution in [3.8, 4) is 5.75 Å². The minimum absolute atomic E-state index is 0.180. The summed E-state index contributed by atoms with van der Waals surface area (Å²) in [5, 5.41) is 14.4. The van der Waals surface area contributed by atoms with E-state index in [1.807, 2.05) is 19.1 Å². The molecule has 0 bridgehead atoms. The maximum absolute atomic E-state index is 11.0. The van der Waals surface area contributed by atoms with Crippen molar-refractivity contribution in [2.75, 3.05) is 33.4 Å². The molecule has 7 heteroatoms. The van der Waals surface area contributed by atoms with Gasteiger partial charge in [0.05, 0.1) is 18.9 Å². The number of aromatic nitrogens is 1. The number of hydrogen-bond donors (Lipinski definition) is 1. The molecule has 2 aliphatic rings. The summed E-state index contributed by atoms with van der Waals surface area (Å²) in [4.78, 5) is 12.5. The third-order valence-electron chi connectivity index (χ3n) is 6.53. The van der Waals surface area contributed by atoms with Crippen LogP contribution in [0.25, 0.3) is 11.0 Å². The molecule has 4 rings (SSSR count). The Morgan fingerprint density at radius 1 is 1.31 bits per heavy atom. The number of ether oxygens (including phenoxy) is 2. The van der Waals surface area contributed by atoms with Crippen LogP contribution in [0.4, 0.5) is 4.79 Å². The standard InChI is InChI=1S/C22H30N2O5/c1-15-19(28-14-22(9-10-22)13-27-2)6-4-17-18(23-29-20(15)17)5-3-16-7-11-24(12-8-16)21(25)26/h4,6,16H,3,5,7-14H2,1-2H3,(H,25,26). The molecule has 2 fully saturated rings. The fourth-order valence-corrected chi connectivity index (χ4v) is 4.30. The number of methoxy groups -OCH3 is 1. The monoisotopic (exact) mass is 402 g/mol. The smallest absolute Gasteiger partial charge is 0.407 e. The van der Waals surface area contributed by atoms with Gasteiger partial charge in [-0.1, -0.05) is 5.16 Å². The second-order valence-electron chi connectivity index (χ2n) is 8.67. The number of piperidine rings is 1. The average Bonchev–Trinajstić information content (AvgIpc) is 3.35. The van der Waals surface area contributed by atoms with E-state index in [-0.39, 0.29) is 5.41 Å². The van der Waals surface area contributed by atoms with E-state index < -0.39 is 6.09 Å². The zero-order valence-electron chi connectivity index (χ0n) is 17.3. The van der Waals surface area contributed by atoms with Crippen molar-refractivity contribution in [3.05, 3.63) is 23.4 Å². The lowest BCUT2D eigenvalue weighted by molar-refractivity contribution is 0.104. The topological polar surface area (TPSA) is 85.0 Å². The van der Waals surface area contributed by atoms with Crippen molar-refractivity contribution in [2.24, 2.45) is 11.3 Å². The van der Waals surface area contributed by atoms with Gasteiger partial charge in [0, 0.05) is 36.6 Å². The van der Waals surface area contributed by atoms with Crippen LogP contribution < -0.4 is 4.74 Å².